The normalized spacial score (nSPS) is 15.6. The zero-order valence-corrected chi connectivity index (χ0v) is 13.0. The van der Waals surface area contributed by atoms with Crippen LogP contribution < -0.4 is 5.32 Å². The molecule has 1 saturated heterocycles. The summed E-state index contributed by atoms with van der Waals surface area (Å²) in [5.74, 6) is 0. The predicted molar refractivity (Wildman–Crippen MR) is 88.4 cm³/mol. The predicted octanol–water partition coefficient (Wildman–Crippen LogP) is 4.02. The third kappa shape index (κ3) is 5.77. The van der Waals surface area contributed by atoms with Crippen LogP contribution in [0.25, 0.3) is 0 Å². The number of nitrogens with one attached hydrogen (secondary N) is 1. The van der Waals surface area contributed by atoms with E-state index in [1.165, 1.54) is 64.6 Å². The molecule has 0 aliphatic carbocycles. The Morgan fingerprint density at radius 2 is 1.76 bits per heavy atom. The van der Waals surface area contributed by atoms with Crippen LogP contribution in [0.4, 0.5) is 5.69 Å². The number of hydrogen-bond donors (Lipinski definition) is 1. The molecular formula is C18H27N3. The molecule has 3 heteroatoms. The van der Waals surface area contributed by atoms with Gasteiger partial charge in [0.25, 0.3) is 0 Å². The molecule has 0 unspecified atom stereocenters. The van der Waals surface area contributed by atoms with Crippen LogP contribution in [0.15, 0.2) is 24.3 Å². The fourth-order valence-electron chi connectivity index (χ4n) is 2.95. The second-order valence-corrected chi connectivity index (χ2v) is 5.90. The first kappa shape index (κ1) is 15.9. The van der Waals surface area contributed by atoms with Crippen LogP contribution in [-0.4, -0.2) is 31.1 Å². The average Bonchev–Trinajstić information content (AvgIpc) is 2.55. The summed E-state index contributed by atoms with van der Waals surface area (Å²) in [7, 11) is 0. The van der Waals surface area contributed by atoms with Gasteiger partial charge in [0.1, 0.15) is 6.07 Å². The molecule has 2 rings (SSSR count). The van der Waals surface area contributed by atoms with E-state index >= 15 is 0 Å². The van der Waals surface area contributed by atoms with Gasteiger partial charge in [-0.25, -0.2) is 0 Å². The molecule has 1 aliphatic rings. The number of rotatable bonds is 8. The van der Waals surface area contributed by atoms with Crippen molar-refractivity contribution in [2.45, 2.75) is 44.9 Å². The van der Waals surface area contributed by atoms with E-state index in [9.17, 15) is 0 Å². The van der Waals surface area contributed by atoms with Crippen molar-refractivity contribution in [3.63, 3.8) is 0 Å². The van der Waals surface area contributed by atoms with Crippen LogP contribution in [0, 0.1) is 11.3 Å². The number of anilines is 1. The number of para-hydroxylation sites is 1. The number of unbranched alkanes of at least 4 members (excludes halogenated alkanes) is 3. The van der Waals surface area contributed by atoms with Gasteiger partial charge in [-0.1, -0.05) is 31.4 Å². The molecule has 0 atom stereocenters. The zero-order chi connectivity index (χ0) is 14.8. The van der Waals surface area contributed by atoms with Gasteiger partial charge >= 0.3 is 0 Å². The summed E-state index contributed by atoms with van der Waals surface area (Å²) in [5.41, 5.74) is 1.70. The number of benzene rings is 1. The van der Waals surface area contributed by atoms with Crippen LogP contribution >= 0.6 is 0 Å². The van der Waals surface area contributed by atoms with Crippen LogP contribution in [0.5, 0.6) is 0 Å². The molecule has 0 amide bonds. The topological polar surface area (TPSA) is 39.1 Å². The van der Waals surface area contributed by atoms with Crippen molar-refractivity contribution >= 4 is 5.69 Å². The summed E-state index contributed by atoms with van der Waals surface area (Å²) in [6.45, 7) is 4.87. The Hall–Kier alpha value is -1.53. The number of nitriles is 1. The van der Waals surface area contributed by atoms with Gasteiger partial charge in [0, 0.05) is 6.54 Å². The fraction of sp³-hybridized carbons (Fsp3) is 0.611. The molecule has 1 aromatic carbocycles. The second kappa shape index (κ2) is 9.41. The van der Waals surface area contributed by atoms with E-state index in [1.807, 2.05) is 24.3 Å². The lowest BCUT2D eigenvalue weighted by Gasteiger charge is -2.26. The smallest absolute Gasteiger partial charge is 0.101 e. The zero-order valence-electron chi connectivity index (χ0n) is 13.0. The van der Waals surface area contributed by atoms with Gasteiger partial charge in [-0.05, 0) is 57.5 Å². The molecule has 1 fully saturated rings. The summed E-state index contributed by atoms with van der Waals surface area (Å²) >= 11 is 0. The third-order valence-electron chi connectivity index (χ3n) is 4.21. The third-order valence-corrected chi connectivity index (χ3v) is 4.21. The van der Waals surface area contributed by atoms with Crippen molar-refractivity contribution in [2.75, 3.05) is 31.5 Å². The van der Waals surface area contributed by atoms with Gasteiger partial charge in [0.2, 0.25) is 0 Å². The Morgan fingerprint density at radius 1 is 1.00 bits per heavy atom. The van der Waals surface area contributed by atoms with E-state index in [2.05, 4.69) is 16.3 Å². The van der Waals surface area contributed by atoms with E-state index in [0.717, 1.165) is 17.8 Å². The first-order chi connectivity index (χ1) is 10.4. The lowest BCUT2D eigenvalue weighted by atomic mass is 10.1. The Labute approximate surface area is 129 Å². The summed E-state index contributed by atoms with van der Waals surface area (Å²) in [4.78, 5) is 2.62. The molecule has 114 valence electrons. The number of hydrogen-bond acceptors (Lipinski definition) is 3. The average molecular weight is 285 g/mol. The van der Waals surface area contributed by atoms with Crippen molar-refractivity contribution in [3.05, 3.63) is 29.8 Å². The summed E-state index contributed by atoms with van der Waals surface area (Å²) in [5, 5.41) is 12.4. The monoisotopic (exact) mass is 285 g/mol. The van der Waals surface area contributed by atoms with E-state index in [0.29, 0.717) is 0 Å². The second-order valence-electron chi connectivity index (χ2n) is 5.90. The quantitative estimate of drug-likeness (QED) is 0.733. The van der Waals surface area contributed by atoms with Crippen LogP contribution in [0.3, 0.4) is 0 Å². The largest absolute Gasteiger partial charge is 0.384 e. The van der Waals surface area contributed by atoms with Crippen molar-refractivity contribution in [1.29, 1.82) is 5.26 Å². The molecule has 1 aliphatic heterocycles. The van der Waals surface area contributed by atoms with Crippen molar-refractivity contribution < 1.29 is 0 Å². The molecule has 3 nitrogen and oxygen atoms in total. The maximum Gasteiger partial charge on any atom is 0.101 e. The molecule has 0 radical (unpaired) electrons. The first-order valence-corrected chi connectivity index (χ1v) is 8.35. The van der Waals surface area contributed by atoms with E-state index in [-0.39, 0.29) is 0 Å². The van der Waals surface area contributed by atoms with Crippen molar-refractivity contribution in [1.82, 2.24) is 4.90 Å². The molecule has 0 aromatic heterocycles. The van der Waals surface area contributed by atoms with Crippen molar-refractivity contribution in [3.8, 4) is 6.07 Å². The highest BCUT2D eigenvalue weighted by atomic mass is 15.1. The maximum absolute atomic E-state index is 9.02. The van der Waals surface area contributed by atoms with Crippen LogP contribution in [0.1, 0.15) is 50.5 Å². The SMILES string of the molecule is N#Cc1ccccc1NCCCCCCN1CCCCC1. The molecular weight excluding hydrogens is 258 g/mol. The Bertz CT molecular complexity index is 444. The number of piperidine rings is 1. The van der Waals surface area contributed by atoms with Gasteiger partial charge in [0.15, 0.2) is 0 Å². The molecule has 1 heterocycles. The minimum absolute atomic E-state index is 0.739. The van der Waals surface area contributed by atoms with Crippen molar-refractivity contribution in [2.24, 2.45) is 0 Å². The van der Waals surface area contributed by atoms with Crippen LogP contribution in [0.2, 0.25) is 0 Å². The van der Waals surface area contributed by atoms with Gasteiger partial charge in [-0.15, -0.1) is 0 Å². The number of likely N-dealkylation sites (tertiary alicyclic amines) is 1. The Morgan fingerprint density at radius 3 is 2.57 bits per heavy atom. The molecule has 0 spiro atoms. The Balaban J connectivity index is 1.51. The lowest BCUT2D eigenvalue weighted by molar-refractivity contribution is 0.224. The highest BCUT2D eigenvalue weighted by Gasteiger charge is 2.08. The van der Waals surface area contributed by atoms with E-state index in [1.54, 1.807) is 0 Å². The van der Waals surface area contributed by atoms with E-state index < -0.39 is 0 Å². The lowest BCUT2D eigenvalue weighted by Crippen LogP contribution is -2.30. The maximum atomic E-state index is 9.02. The van der Waals surface area contributed by atoms with Gasteiger partial charge < -0.3 is 10.2 Å². The van der Waals surface area contributed by atoms with Gasteiger partial charge in [0.05, 0.1) is 11.3 Å². The van der Waals surface area contributed by atoms with Gasteiger partial charge in [-0.2, -0.15) is 5.26 Å². The molecule has 1 aromatic rings. The molecule has 21 heavy (non-hydrogen) atoms. The minimum atomic E-state index is 0.739. The number of nitrogens with zero attached hydrogens (tertiary/aromatic N) is 2. The standard InChI is InChI=1S/C18H27N3/c19-16-17-10-4-5-11-18(17)20-12-6-1-2-7-13-21-14-8-3-9-15-21/h4-5,10-11,20H,1-3,6-9,12-15H2. The summed E-state index contributed by atoms with van der Waals surface area (Å²) in [6, 6.07) is 9.95. The highest BCUT2D eigenvalue weighted by Crippen LogP contribution is 2.14. The highest BCUT2D eigenvalue weighted by molar-refractivity contribution is 5.56. The molecule has 0 bridgehead atoms. The first-order valence-electron chi connectivity index (χ1n) is 8.35. The van der Waals surface area contributed by atoms with E-state index in [4.69, 9.17) is 5.26 Å². The molecule has 0 saturated carbocycles. The fourth-order valence-corrected chi connectivity index (χ4v) is 2.95. The summed E-state index contributed by atoms with van der Waals surface area (Å²) < 4.78 is 0. The minimum Gasteiger partial charge on any atom is -0.384 e. The Kier molecular flexibility index (Phi) is 7.11. The van der Waals surface area contributed by atoms with Crippen LogP contribution in [-0.2, 0) is 0 Å². The summed E-state index contributed by atoms with van der Waals surface area (Å²) in [6.07, 6.45) is 9.30. The van der Waals surface area contributed by atoms with Gasteiger partial charge in [-0.3, -0.25) is 0 Å². The molecule has 1 N–H and O–H groups in total.